The molecule has 0 aliphatic heterocycles. The molecule has 88 valence electrons. The molecule has 0 aromatic rings. The van der Waals surface area contributed by atoms with E-state index in [9.17, 15) is 0 Å². The summed E-state index contributed by atoms with van der Waals surface area (Å²) in [6.45, 7) is 0. The summed E-state index contributed by atoms with van der Waals surface area (Å²) in [5.74, 6) is 0. The second-order valence-electron chi connectivity index (χ2n) is 5.54. The van der Waals surface area contributed by atoms with Crippen molar-refractivity contribution in [3.8, 4) is 0 Å². The fourth-order valence-corrected chi connectivity index (χ4v) is 3.36. The highest BCUT2D eigenvalue weighted by Gasteiger charge is 2.27. The molecule has 0 bridgehead atoms. The Morgan fingerprint density at radius 1 is 0.867 bits per heavy atom. The van der Waals surface area contributed by atoms with Gasteiger partial charge in [0.05, 0.1) is 0 Å². The van der Waals surface area contributed by atoms with Gasteiger partial charge in [-0.25, -0.2) is 0 Å². The van der Waals surface area contributed by atoms with Crippen LogP contribution in [0.4, 0.5) is 0 Å². The molecule has 0 amide bonds. The molecule has 2 fully saturated rings. The Balaban J connectivity index is 1.85. The van der Waals surface area contributed by atoms with Gasteiger partial charge in [-0.1, -0.05) is 25.7 Å². The van der Waals surface area contributed by atoms with E-state index in [1.807, 2.05) is 0 Å². The van der Waals surface area contributed by atoms with Crippen LogP contribution in [-0.4, -0.2) is 30.1 Å². The van der Waals surface area contributed by atoms with E-state index in [0.717, 1.165) is 12.1 Å². The predicted molar refractivity (Wildman–Crippen MR) is 64.9 cm³/mol. The minimum absolute atomic E-state index is 0.467. The maximum Gasteiger partial charge on any atom is 0.0110 e. The first-order valence-corrected chi connectivity index (χ1v) is 6.75. The van der Waals surface area contributed by atoms with Gasteiger partial charge in [0, 0.05) is 18.1 Å². The van der Waals surface area contributed by atoms with Gasteiger partial charge < -0.3 is 10.6 Å². The zero-order valence-corrected chi connectivity index (χ0v) is 10.1. The summed E-state index contributed by atoms with van der Waals surface area (Å²) in [6.07, 6.45) is 12.4. The molecule has 2 heteroatoms. The molecule has 2 unspecified atom stereocenters. The van der Waals surface area contributed by atoms with E-state index in [1.54, 1.807) is 0 Å². The maximum atomic E-state index is 6.07. The van der Waals surface area contributed by atoms with E-state index in [1.165, 1.54) is 57.8 Å². The summed E-state index contributed by atoms with van der Waals surface area (Å²) < 4.78 is 0. The van der Waals surface area contributed by atoms with Gasteiger partial charge in [-0.3, -0.25) is 0 Å². The average molecular weight is 210 g/mol. The molecule has 2 N–H and O–H groups in total. The minimum atomic E-state index is 0.467. The minimum Gasteiger partial charge on any atom is -0.328 e. The highest BCUT2D eigenvalue weighted by Crippen LogP contribution is 2.28. The zero-order valence-electron chi connectivity index (χ0n) is 10.1. The third-order valence-corrected chi connectivity index (χ3v) is 4.41. The number of nitrogens with two attached hydrogens (primary N) is 1. The topological polar surface area (TPSA) is 29.3 Å². The van der Waals surface area contributed by atoms with Gasteiger partial charge in [-0.2, -0.15) is 0 Å². The molecule has 15 heavy (non-hydrogen) atoms. The van der Waals surface area contributed by atoms with Gasteiger partial charge in [0.2, 0.25) is 0 Å². The second kappa shape index (κ2) is 5.31. The lowest BCUT2D eigenvalue weighted by Crippen LogP contribution is -2.46. The van der Waals surface area contributed by atoms with E-state index in [0.29, 0.717) is 6.04 Å². The molecule has 0 aromatic heterocycles. The highest BCUT2D eigenvalue weighted by molar-refractivity contribution is 4.85. The van der Waals surface area contributed by atoms with E-state index in [4.69, 9.17) is 5.73 Å². The van der Waals surface area contributed by atoms with Crippen molar-refractivity contribution in [3.05, 3.63) is 0 Å². The van der Waals surface area contributed by atoms with Crippen LogP contribution in [0, 0.1) is 0 Å². The first-order valence-electron chi connectivity index (χ1n) is 6.75. The second-order valence-corrected chi connectivity index (χ2v) is 5.54. The molecular formula is C13H26N2. The molecule has 0 radical (unpaired) electrons. The van der Waals surface area contributed by atoms with Crippen molar-refractivity contribution in [1.29, 1.82) is 0 Å². The summed E-state index contributed by atoms with van der Waals surface area (Å²) in [7, 11) is 2.33. The van der Waals surface area contributed by atoms with Crippen molar-refractivity contribution in [2.75, 3.05) is 7.05 Å². The van der Waals surface area contributed by atoms with Gasteiger partial charge in [0.25, 0.3) is 0 Å². The Labute approximate surface area is 94.2 Å². The molecule has 0 aromatic carbocycles. The van der Waals surface area contributed by atoms with Crippen LogP contribution in [0.5, 0.6) is 0 Å². The third-order valence-electron chi connectivity index (χ3n) is 4.41. The van der Waals surface area contributed by atoms with E-state index >= 15 is 0 Å². The van der Waals surface area contributed by atoms with Crippen molar-refractivity contribution in [1.82, 2.24) is 4.90 Å². The molecule has 0 spiro atoms. The smallest absolute Gasteiger partial charge is 0.0110 e. The average Bonchev–Trinajstić information content (AvgIpc) is 2.29. The molecule has 0 heterocycles. The van der Waals surface area contributed by atoms with Crippen LogP contribution in [0.3, 0.4) is 0 Å². The third kappa shape index (κ3) is 2.94. The molecule has 2 aliphatic rings. The largest absolute Gasteiger partial charge is 0.328 e. The van der Waals surface area contributed by atoms with E-state index < -0.39 is 0 Å². The molecule has 2 nitrogen and oxygen atoms in total. The molecule has 2 atom stereocenters. The van der Waals surface area contributed by atoms with Crippen LogP contribution in [-0.2, 0) is 0 Å². The summed E-state index contributed by atoms with van der Waals surface area (Å²) in [5.41, 5.74) is 6.07. The lowest BCUT2D eigenvalue weighted by atomic mass is 9.87. The van der Waals surface area contributed by atoms with Crippen molar-refractivity contribution >= 4 is 0 Å². The fourth-order valence-electron chi connectivity index (χ4n) is 3.36. The predicted octanol–water partition coefficient (Wildman–Crippen LogP) is 2.52. The Morgan fingerprint density at radius 2 is 1.53 bits per heavy atom. The molecule has 0 saturated heterocycles. The Kier molecular flexibility index (Phi) is 4.04. The molecular weight excluding hydrogens is 184 g/mol. The van der Waals surface area contributed by atoms with Crippen LogP contribution < -0.4 is 5.73 Å². The Hall–Kier alpha value is -0.0800. The van der Waals surface area contributed by atoms with Crippen molar-refractivity contribution in [2.24, 2.45) is 5.73 Å². The maximum absolute atomic E-state index is 6.07. The quantitative estimate of drug-likeness (QED) is 0.759. The fraction of sp³-hybridized carbons (Fsp3) is 1.00. The van der Waals surface area contributed by atoms with Gasteiger partial charge in [0.15, 0.2) is 0 Å². The zero-order chi connectivity index (χ0) is 10.7. The summed E-state index contributed by atoms with van der Waals surface area (Å²) in [4.78, 5) is 2.65. The van der Waals surface area contributed by atoms with Gasteiger partial charge >= 0.3 is 0 Å². The Bertz CT molecular complexity index is 187. The van der Waals surface area contributed by atoms with Crippen LogP contribution >= 0.6 is 0 Å². The summed E-state index contributed by atoms with van der Waals surface area (Å²) in [5, 5.41) is 0. The van der Waals surface area contributed by atoms with Gasteiger partial charge in [0.1, 0.15) is 0 Å². The van der Waals surface area contributed by atoms with Crippen molar-refractivity contribution < 1.29 is 0 Å². The lowest BCUT2D eigenvalue weighted by molar-refractivity contribution is 0.105. The summed E-state index contributed by atoms with van der Waals surface area (Å²) in [6, 6.07) is 2.10. The Morgan fingerprint density at radius 3 is 2.20 bits per heavy atom. The van der Waals surface area contributed by atoms with Gasteiger partial charge in [-0.15, -0.1) is 0 Å². The molecule has 2 saturated carbocycles. The van der Waals surface area contributed by atoms with Crippen LogP contribution in [0.1, 0.15) is 57.8 Å². The monoisotopic (exact) mass is 210 g/mol. The molecule has 2 aliphatic carbocycles. The number of rotatable bonds is 2. The van der Waals surface area contributed by atoms with E-state index in [2.05, 4.69) is 11.9 Å². The lowest BCUT2D eigenvalue weighted by Gasteiger charge is -2.40. The van der Waals surface area contributed by atoms with Crippen LogP contribution in [0.15, 0.2) is 0 Å². The number of hydrogen-bond donors (Lipinski definition) is 1. The summed E-state index contributed by atoms with van der Waals surface area (Å²) >= 11 is 0. The highest BCUT2D eigenvalue weighted by atomic mass is 15.2. The number of nitrogens with zero attached hydrogens (tertiary/aromatic N) is 1. The van der Waals surface area contributed by atoms with Crippen molar-refractivity contribution in [2.45, 2.75) is 75.9 Å². The van der Waals surface area contributed by atoms with Gasteiger partial charge in [-0.05, 0) is 39.2 Å². The van der Waals surface area contributed by atoms with Crippen LogP contribution in [0.2, 0.25) is 0 Å². The van der Waals surface area contributed by atoms with Crippen molar-refractivity contribution in [3.63, 3.8) is 0 Å². The SMILES string of the molecule is CN(C1CCCCC1)C1CCCC(N)C1. The molecule has 2 rings (SSSR count). The normalized spacial score (nSPS) is 34.6. The standard InChI is InChI=1S/C13H26N2/c1-15(12-7-3-2-4-8-12)13-9-5-6-11(14)10-13/h11-13H,2-10,14H2,1H3. The van der Waals surface area contributed by atoms with Crippen LogP contribution in [0.25, 0.3) is 0 Å². The first kappa shape index (κ1) is 11.4. The first-order chi connectivity index (χ1) is 7.27. The number of hydrogen-bond acceptors (Lipinski definition) is 2. The van der Waals surface area contributed by atoms with E-state index in [-0.39, 0.29) is 0 Å².